The highest BCUT2D eigenvalue weighted by Gasteiger charge is 2.36. The van der Waals surface area contributed by atoms with E-state index in [4.69, 9.17) is 0 Å². The van der Waals surface area contributed by atoms with Gasteiger partial charge in [0.15, 0.2) is 0 Å². The lowest BCUT2D eigenvalue weighted by atomic mass is 9.68. The van der Waals surface area contributed by atoms with Gasteiger partial charge in [-0.3, -0.25) is 0 Å². The third-order valence-electron chi connectivity index (χ3n) is 4.79. The third-order valence-corrected chi connectivity index (χ3v) is 4.79. The maximum atomic E-state index is 3.84. The predicted molar refractivity (Wildman–Crippen MR) is 83.4 cm³/mol. The van der Waals surface area contributed by atoms with E-state index in [0.717, 1.165) is 6.54 Å². The second-order valence-electron chi connectivity index (χ2n) is 6.46. The zero-order chi connectivity index (χ0) is 13.7. The van der Waals surface area contributed by atoms with Crippen molar-refractivity contribution in [3.05, 3.63) is 35.4 Å². The van der Waals surface area contributed by atoms with Gasteiger partial charge in [-0.2, -0.15) is 0 Å². The lowest BCUT2D eigenvalue weighted by molar-refractivity contribution is 0.144. The van der Waals surface area contributed by atoms with Gasteiger partial charge in [-0.25, -0.2) is 0 Å². The molecule has 1 aliphatic rings. The summed E-state index contributed by atoms with van der Waals surface area (Å²) in [5.41, 5.74) is 3.38. The quantitative estimate of drug-likeness (QED) is 0.784. The molecule has 0 aromatic heterocycles. The Balaban J connectivity index is 2.27. The molecule has 1 fully saturated rings. The molecule has 0 spiro atoms. The Bertz CT molecular complexity index is 390. The van der Waals surface area contributed by atoms with Crippen LogP contribution in [0.25, 0.3) is 0 Å². The van der Waals surface area contributed by atoms with Crippen molar-refractivity contribution in [3.8, 4) is 0 Å². The van der Waals surface area contributed by atoms with Crippen LogP contribution in [0, 0.1) is 12.3 Å². The van der Waals surface area contributed by atoms with Crippen LogP contribution >= 0.6 is 0 Å². The fraction of sp³-hybridized carbons (Fsp3) is 0.667. The minimum absolute atomic E-state index is 0.430. The summed E-state index contributed by atoms with van der Waals surface area (Å²) in [7, 11) is 0. The average Bonchev–Trinajstić information content (AvgIpc) is 2.42. The van der Waals surface area contributed by atoms with E-state index in [1.807, 2.05) is 0 Å². The van der Waals surface area contributed by atoms with Gasteiger partial charge in [0.2, 0.25) is 0 Å². The molecule has 0 bridgehead atoms. The Morgan fingerprint density at radius 2 is 1.84 bits per heavy atom. The lowest BCUT2D eigenvalue weighted by Crippen LogP contribution is -2.38. The monoisotopic (exact) mass is 259 g/mol. The molecule has 1 unspecified atom stereocenters. The van der Waals surface area contributed by atoms with E-state index in [0.29, 0.717) is 11.5 Å². The van der Waals surface area contributed by atoms with Crippen LogP contribution in [0.3, 0.4) is 0 Å². The molecule has 1 aromatic rings. The highest BCUT2D eigenvalue weighted by atomic mass is 14.9. The van der Waals surface area contributed by atoms with E-state index in [9.17, 15) is 0 Å². The standard InChI is InChI=1S/C18H29N/c1-4-14-19-17(16-11-7-6-10-15(16)2)18(3)12-8-5-9-13-18/h6-7,10-11,17,19H,4-5,8-9,12-14H2,1-3H3. The Labute approximate surface area is 118 Å². The van der Waals surface area contributed by atoms with Gasteiger partial charge in [0.05, 0.1) is 0 Å². The number of benzene rings is 1. The van der Waals surface area contributed by atoms with E-state index in [1.165, 1.54) is 49.7 Å². The number of nitrogens with one attached hydrogen (secondary N) is 1. The van der Waals surface area contributed by atoms with Gasteiger partial charge in [-0.1, -0.05) is 57.4 Å². The van der Waals surface area contributed by atoms with E-state index in [-0.39, 0.29) is 0 Å². The molecule has 1 saturated carbocycles. The molecule has 106 valence electrons. The average molecular weight is 259 g/mol. The van der Waals surface area contributed by atoms with E-state index in [1.54, 1.807) is 0 Å². The molecule has 1 nitrogen and oxygen atoms in total. The maximum absolute atomic E-state index is 3.84. The molecular formula is C18H29N. The summed E-state index contributed by atoms with van der Waals surface area (Å²) in [6.45, 7) is 8.12. The smallest absolute Gasteiger partial charge is 0.0377 e. The van der Waals surface area contributed by atoms with Crippen molar-refractivity contribution in [1.29, 1.82) is 0 Å². The molecule has 19 heavy (non-hydrogen) atoms. The minimum atomic E-state index is 0.430. The maximum Gasteiger partial charge on any atom is 0.0377 e. The predicted octanol–water partition coefficient (Wildman–Crippen LogP) is 5.01. The molecule has 1 heteroatoms. The van der Waals surface area contributed by atoms with Crippen molar-refractivity contribution in [2.45, 2.75) is 65.3 Å². The number of aryl methyl sites for hydroxylation is 1. The van der Waals surface area contributed by atoms with Crippen molar-refractivity contribution >= 4 is 0 Å². The van der Waals surface area contributed by atoms with Gasteiger partial charge in [-0.15, -0.1) is 0 Å². The Morgan fingerprint density at radius 1 is 1.16 bits per heavy atom. The molecule has 2 rings (SSSR count). The largest absolute Gasteiger partial charge is 0.309 e. The van der Waals surface area contributed by atoms with Gasteiger partial charge < -0.3 is 5.32 Å². The van der Waals surface area contributed by atoms with Gasteiger partial charge in [0, 0.05) is 6.04 Å². The summed E-state index contributed by atoms with van der Waals surface area (Å²) in [4.78, 5) is 0. The van der Waals surface area contributed by atoms with Crippen LogP contribution in [0.4, 0.5) is 0 Å². The summed E-state index contributed by atoms with van der Waals surface area (Å²) >= 11 is 0. The van der Waals surface area contributed by atoms with Gasteiger partial charge in [0.1, 0.15) is 0 Å². The lowest BCUT2D eigenvalue weighted by Gasteiger charge is -2.42. The Kier molecular flexibility index (Phi) is 5.04. The van der Waals surface area contributed by atoms with Crippen LogP contribution < -0.4 is 5.32 Å². The van der Waals surface area contributed by atoms with Crippen LogP contribution in [0.5, 0.6) is 0 Å². The Hall–Kier alpha value is -0.820. The topological polar surface area (TPSA) is 12.0 Å². The van der Waals surface area contributed by atoms with Gasteiger partial charge >= 0.3 is 0 Å². The third kappa shape index (κ3) is 3.39. The summed E-state index contributed by atoms with van der Waals surface area (Å²) < 4.78 is 0. The molecule has 1 aliphatic carbocycles. The second kappa shape index (κ2) is 6.56. The Morgan fingerprint density at radius 3 is 2.47 bits per heavy atom. The molecule has 0 radical (unpaired) electrons. The molecule has 0 heterocycles. The molecule has 0 saturated heterocycles. The van der Waals surface area contributed by atoms with Crippen LogP contribution in [0.1, 0.15) is 69.5 Å². The fourth-order valence-corrected chi connectivity index (χ4v) is 3.58. The number of rotatable bonds is 5. The zero-order valence-electron chi connectivity index (χ0n) is 12.8. The molecule has 1 atom stereocenters. The van der Waals surface area contributed by atoms with Crippen molar-refractivity contribution in [2.75, 3.05) is 6.54 Å². The van der Waals surface area contributed by atoms with Crippen LogP contribution in [-0.2, 0) is 0 Å². The van der Waals surface area contributed by atoms with Crippen molar-refractivity contribution in [1.82, 2.24) is 5.32 Å². The highest BCUT2D eigenvalue weighted by molar-refractivity contribution is 5.30. The molecule has 0 amide bonds. The fourth-order valence-electron chi connectivity index (χ4n) is 3.58. The first-order valence-corrected chi connectivity index (χ1v) is 7.96. The van der Waals surface area contributed by atoms with Crippen molar-refractivity contribution < 1.29 is 0 Å². The second-order valence-corrected chi connectivity index (χ2v) is 6.46. The molecule has 1 aromatic carbocycles. The summed E-state index contributed by atoms with van der Waals surface area (Å²) in [5.74, 6) is 0. The first-order valence-electron chi connectivity index (χ1n) is 7.96. The van der Waals surface area contributed by atoms with E-state index < -0.39 is 0 Å². The minimum Gasteiger partial charge on any atom is -0.309 e. The van der Waals surface area contributed by atoms with Crippen LogP contribution in [0.2, 0.25) is 0 Å². The van der Waals surface area contributed by atoms with Crippen LogP contribution in [0.15, 0.2) is 24.3 Å². The normalized spacial score (nSPS) is 20.2. The summed E-state index contributed by atoms with van der Waals surface area (Å²) in [6, 6.07) is 9.44. The van der Waals surface area contributed by atoms with Gasteiger partial charge in [-0.05, 0) is 49.3 Å². The van der Waals surface area contributed by atoms with Gasteiger partial charge in [0.25, 0.3) is 0 Å². The molecule has 0 aliphatic heterocycles. The number of hydrogen-bond donors (Lipinski definition) is 1. The van der Waals surface area contributed by atoms with E-state index in [2.05, 4.69) is 50.4 Å². The zero-order valence-corrected chi connectivity index (χ0v) is 12.8. The first-order chi connectivity index (χ1) is 9.17. The first kappa shape index (κ1) is 14.6. The van der Waals surface area contributed by atoms with Crippen molar-refractivity contribution in [2.24, 2.45) is 5.41 Å². The van der Waals surface area contributed by atoms with Crippen molar-refractivity contribution in [3.63, 3.8) is 0 Å². The summed E-state index contributed by atoms with van der Waals surface area (Å²) in [5, 5.41) is 3.84. The SMILES string of the molecule is CCCNC(c1ccccc1C)C1(C)CCCCC1. The molecule has 1 N–H and O–H groups in total. The molecular weight excluding hydrogens is 230 g/mol. The highest BCUT2D eigenvalue weighted by Crippen LogP contribution is 2.46. The summed E-state index contributed by atoms with van der Waals surface area (Å²) in [6.07, 6.45) is 8.15. The van der Waals surface area contributed by atoms with E-state index >= 15 is 0 Å². The number of hydrogen-bond acceptors (Lipinski definition) is 1. The van der Waals surface area contributed by atoms with Crippen LogP contribution in [-0.4, -0.2) is 6.54 Å².